The van der Waals surface area contributed by atoms with Gasteiger partial charge in [-0.25, -0.2) is 5.06 Å². The highest BCUT2D eigenvalue weighted by molar-refractivity contribution is 7.12. The summed E-state index contributed by atoms with van der Waals surface area (Å²) in [4.78, 5) is 17.6. The van der Waals surface area contributed by atoms with Gasteiger partial charge in [0.1, 0.15) is 10.6 Å². The zero-order chi connectivity index (χ0) is 9.97. The van der Waals surface area contributed by atoms with Crippen LogP contribution in [0.3, 0.4) is 0 Å². The maximum absolute atomic E-state index is 11.8. The molecule has 5 heteroatoms. The molecule has 1 saturated heterocycles. The number of thiophene rings is 1. The van der Waals surface area contributed by atoms with Crippen LogP contribution < -0.4 is 4.74 Å². The molecule has 0 unspecified atom stereocenters. The number of hydrogen-bond donors (Lipinski definition) is 0. The number of hydrogen-bond acceptors (Lipinski definition) is 4. The molecule has 76 valence electrons. The molecule has 1 amide bonds. The average Bonchev–Trinajstić information content (AvgIpc) is 2.87. The summed E-state index contributed by atoms with van der Waals surface area (Å²) in [5.41, 5.74) is 0. The Bertz CT molecular complexity index is 331. The van der Waals surface area contributed by atoms with E-state index < -0.39 is 0 Å². The zero-order valence-corrected chi connectivity index (χ0v) is 8.67. The van der Waals surface area contributed by atoms with E-state index >= 15 is 0 Å². The number of methoxy groups -OCH3 is 1. The summed E-state index contributed by atoms with van der Waals surface area (Å²) >= 11 is 1.37. The zero-order valence-electron chi connectivity index (χ0n) is 7.86. The quantitative estimate of drug-likeness (QED) is 0.748. The van der Waals surface area contributed by atoms with Gasteiger partial charge in [0.25, 0.3) is 5.91 Å². The molecule has 0 bridgehead atoms. The van der Waals surface area contributed by atoms with Gasteiger partial charge in [-0.05, 0) is 17.9 Å². The Hall–Kier alpha value is -1.07. The van der Waals surface area contributed by atoms with Crippen molar-refractivity contribution in [2.75, 3.05) is 20.3 Å². The van der Waals surface area contributed by atoms with E-state index in [1.807, 2.05) is 5.38 Å². The van der Waals surface area contributed by atoms with Crippen LogP contribution in [0, 0.1) is 0 Å². The molecular formula is C9H11NO3S. The molecule has 0 radical (unpaired) electrons. The van der Waals surface area contributed by atoms with Crippen LogP contribution in [0.5, 0.6) is 5.75 Å². The highest BCUT2D eigenvalue weighted by Gasteiger charge is 2.24. The molecule has 1 aromatic rings. The smallest absolute Gasteiger partial charge is 0.291 e. The van der Waals surface area contributed by atoms with Crippen molar-refractivity contribution in [3.63, 3.8) is 0 Å². The SMILES string of the molecule is COc1ccsc1C(=O)N1CCCO1. The molecule has 2 rings (SSSR count). The second-order valence-electron chi connectivity index (χ2n) is 2.91. The van der Waals surface area contributed by atoms with Crippen LogP contribution in [0.1, 0.15) is 16.1 Å². The van der Waals surface area contributed by atoms with E-state index in [-0.39, 0.29) is 5.91 Å². The van der Waals surface area contributed by atoms with E-state index in [1.54, 1.807) is 13.2 Å². The fourth-order valence-corrected chi connectivity index (χ4v) is 2.13. The van der Waals surface area contributed by atoms with Crippen LogP contribution >= 0.6 is 11.3 Å². The van der Waals surface area contributed by atoms with Gasteiger partial charge in [-0.2, -0.15) is 0 Å². The second kappa shape index (κ2) is 3.98. The minimum Gasteiger partial charge on any atom is -0.495 e. The third-order valence-electron chi connectivity index (χ3n) is 2.02. The van der Waals surface area contributed by atoms with Crippen LogP contribution in [0.15, 0.2) is 11.4 Å². The summed E-state index contributed by atoms with van der Waals surface area (Å²) in [7, 11) is 1.56. The largest absolute Gasteiger partial charge is 0.495 e. The lowest BCUT2D eigenvalue weighted by Gasteiger charge is -2.13. The molecule has 1 aliphatic heterocycles. The first-order chi connectivity index (χ1) is 6.83. The molecule has 1 aliphatic rings. The minimum absolute atomic E-state index is 0.102. The van der Waals surface area contributed by atoms with Gasteiger partial charge in [0.15, 0.2) is 0 Å². The van der Waals surface area contributed by atoms with E-state index in [1.165, 1.54) is 16.4 Å². The highest BCUT2D eigenvalue weighted by Crippen LogP contribution is 2.26. The lowest BCUT2D eigenvalue weighted by Crippen LogP contribution is -2.25. The molecule has 1 aromatic heterocycles. The topological polar surface area (TPSA) is 38.8 Å². The molecular weight excluding hydrogens is 202 g/mol. The number of ether oxygens (including phenoxy) is 1. The maximum atomic E-state index is 11.8. The van der Waals surface area contributed by atoms with Gasteiger partial charge in [0.05, 0.1) is 20.3 Å². The van der Waals surface area contributed by atoms with Gasteiger partial charge in [-0.1, -0.05) is 0 Å². The molecule has 4 nitrogen and oxygen atoms in total. The predicted molar refractivity (Wildman–Crippen MR) is 52.5 cm³/mol. The third kappa shape index (κ3) is 1.60. The van der Waals surface area contributed by atoms with Crippen molar-refractivity contribution in [3.8, 4) is 5.75 Å². The van der Waals surface area contributed by atoms with Crippen molar-refractivity contribution in [3.05, 3.63) is 16.3 Å². The first kappa shape index (κ1) is 9.48. The van der Waals surface area contributed by atoms with Gasteiger partial charge in [0.2, 0.25) is 0 Å². The molecule has 0 N–H and O–H groups in total. The Kier molecular flexibility index (Phi) is 2.69. The Morgan fingerprint density at radius 1 is 1.71 bits per heavy atom. The monoisotopic (exact) mass is 213 g/mol. The first-order valence-electron chi connectivity index (χ1n) is 4.39. The Morgan fingerprint density at radius 3 is 3.21 bits per heavy atom. The summed E-state index contributed by atoms with van der Waals surface area (Å²) in [5, 5.41) is 3.23. The average molecular weight is 213 g/mol. The minimum atomic E-state index is -0.102. The van der Waals surface area contributed by atoms with E-state index in [4.69, 9.17) is 9.57 Å². The van der Waals surface area contributed by atoms with Gasteiger partial charge in [-0.15, -0.1) is 11.3 Å². The first-order valence-corrected chi connectivity index (χ1v) is 5.27. The number of carbonyl (C=O) groups excluding carboxylic acids is 1. The van der Waals surface area contributed by atoms with Crippen LogP contribution in [0.25, 0.3) is 0 Å². The van der Waals surface area contributed by atoms with Crippen LogP contribution in [-0.2, 0) is 4.84 Å². The fourth-order valence-electron chi connectivity index (χ4n) is 1.34. The van der Waals surface area contributed by atoms with E-state index in [2.05, 4.69) is 0 Å². The number of amides is 1. The number of nitrogens with zero attached hydrogens (tertiary/aromatic N) is 1. The van der Waals surface area contributed by atoms with Crippen molar-refractivity contribution in [2.24, 2.45) is 0 Å². The summed E-state index contributed by atoms with van der Waals surface area (Å²) in [6.45, 7) is 1.29. The van der Waals surface area contributed by atoms with Crippen LogP contribution in [0.2, 0.25) is 0 Å². The molecule has 0 aliphatic carbocycles. The summed E-state index contributed by atoms with van der Waals surface area (Å²) in [5.74, 6) is 0.518. The third-order valence-corrected chi connectivity index (χ3v) is 2.91. The van der Waals surface area contributed by atoms with Crippen molar-refractivity contribution in [1.82, 2.24) is 5.06 Å². The molecule has 1 fully saturated rings. The molecule has 14 heavy (non-hydrogen) atoms. The summed E-state index contributed by atoms with van der Waals surface area (Å²) < 4.78 is 5.07. The molecule has 0 spiro atoms. The Morgan fingerprint density at radius 2 is 2.57 bits per heavy atom. The van der Waals surface area contributed by atoms with E-state index in [0.29, 0.717) is 23.8 Å². The van der Waals surface area contributed by atoms with Crippen molar-refractivity contribution >= 4 is 17.2 Å². The van der Waals surface area contributed by atoms with Crippen molar-refractivity contribution in [2.45, 2.75) is 6.42 Å². The normalized spacial score (nSPS) is 15.9. The maximum Gasteiger partial charge on any atom is 0.291 e. The highest BCUT2D eigenvalue weighted by atomic mass is 32.1. The number of carbonyl (C=O) groups is 1. The fraction of sp³-hybridized carbons (Fsp3) is 0.444. The lowest BCUT2D eigenvalue weighted by atomic mass is 10.4. The van der Waals surface area contributed by atoms with Crippen molar-refractivity contribution < 1.29 is 14.4 Å². The summed E-state index contributed by atoms with van der Waals surface area (Å²) in [6.07, 6.45) is 0.902. The molecule has 0 saturated carbocycles. The summed E-state index contributed by atoms with van der Waals surface area (Å²) in [6, 6.07) is 1.79. The van der Waals surface area contributed by atoms with Crippen LogP contribution in [-0.4, -0.2) is 31.2 Å². The lowest BCUT2D eigenvalue weighted by molar-refractivity contribution is -0.0766. The standard InChI is InChI=1S/C9H11NO3S/c1-12-7-3-6-14-8(7)9(11)10-4-2-5-13-10/h3,6H,2,4-5H2,1H3. The van der Waals surface area contributed by atoms with Crippen molar-refractivity contribution in [1.29, 1.82) is 0 Å². The second-order valence-corrected chi connectivity index (χ2v) is 3.83. The number of hydroxylamine groups is 2. The molecule has 2 heterocycles. The van der Waals surface area contributed by atoms with Gasteiger partial charge in [-0.3, -0.25) is 9.63 Å². The van der Waals surface area contributed by atoms with E-state index in [0.717, 1.165) is 6.42 Å². The Labute approximate surface area is 86.0 Å². The predicted octanol–water partition coefficient (Wildman–Crippen LogP) is 1.53. The Balaban J connectivity index is 2.17. The number of rotatable bonds is 2. The van der Waals surface area contributed by atoms with Gasteiger partial charge < -0.3 is 4.74 Å². The molecule has 0 atom stereocenters. The van der Waals surface area contributed by atoms with E-state index in [9.17, 15) is 4.79 Å². The van der Waals surface area contributed by atoms with Gasteiger partial charge >= 0.3 is 0 Å². The molecule has 0 aromatic carbocycles. The van der Waals surface area contributed by atoms with Crippen LogP contribution in [0.4, 0.5) is 0 Å². The van der Waals surface area contributed by atoms with Gasteiger partial charge in [0, 0.05) is 0 Å².